The SMILES string of the molecule is CC(C)N(CC#N)C(=O)c1cc([N+](=O)[O-])ccc1I. The number of nitriles is 1. The van der Waals surface area contributed by atoms with Gasteiger partial charge in [0.15, 0.2) is 0 Å². The predicted octanol–water partition coefficient (Wildman–Crippen LogP) is 2.57. The first-order valence-corrected chi connectivity index (χ1v) is 6.58. The van der Waals surface area contributed by atoms with Crippen LogP contribution in [0, 0.1) is 25.0 Å². The molecule has 1 amide bonds. The Hall–Kier alpha value is -1.69. The van der Waals surface area contributed by atoms with Gasteiger partial charge in [0.25, 0.3) is 11.6 Å². The van der Waals surface area contributed by atoms with Crippen LogP contribution in [0.5, 0.6) is 0 Å². The van der Waals surface area contributed by atoms with Gasteiger partial charge in [0.1, 0.15) is 6.54 Å². The Balaban J connectivity index is 3.21. The molecular weight excluding hydrogens is 361 g/mol. The maximum Gasteiger partial charge on any atom is 0.270 e. The second kappa shape index (κ2) is 6.47. The molecule has 6 nitrogen and oxygen atoms in total. The van der Waals surface area contributed by atoms with E-state index in [1.165, 1.54) is 23.1 Å². The number of rotatable bonds is 4. The summed E-state index contributed by atoms with van der Waals surface area (Å²) in [5, 5.41) is 19.5. The summed E-state index contributed by atoms with van der Waals surface area (Å²) in [5.74, 6) is -0.371. The molecule has 0 saturated carbocycles. The average molecular weight is 373 g/mol. The molecular formula is C12H12IN3O3. The highest BCUT2D eigenvalue weighted by Crippen LogP contribution is 2.21. The lowest BCUT2D eigenvalue weighted by atomic mass is 10.1. The molecule has 0 saturated heterocycles. The first-order chi connectivity index (χ1) is 8.88. The van der Waals surface area contributed by atoms with E-state index < -0.39 is 4.92 Å². The van der Waals surface area contributed by atoms with Gasteiger partial charge in [0.2, 0.25) is 0 Å². The van der Waals surface area contributed by atoms with E-state index in [4.69, 9.17) is 5.26 Å². The van der Waals surface area contributed by atoms with Crippen molar-refractivity contribution in [1.82, 2.24) is 4.90 Å². The van der Waals surface area contributed by atoms with Gasteiger partial charge in [-0.2, -0.15) is 5.26 Å². The van der Waals surface area contributed by atoms with E-state index >= 15 is 0 Å². The Labute approximate surface area is 124 Å². The van der Waals surface area contributed by atoms with Crippen molar-refractivity contribution < 1.29 is 9.72 Å². The third-order valence-electron chi connectivity index (χ3n) is 2.52. The van der Waals surface area contributed by atoms with Gasteiger partial charge in [-0.05, 0) is 42.5 Å². The number of hydrogen-bond acceptors (Lipinski definition) is 4. The highest BCUT2D eigenvalue weighted by molar-refractivity contribution is 14.1. The summed E-state index contributed by atoms with van der Waals surface area (Å²) in [5.41, 5.74) is 0.114. The van der Waals surface area contributed by atoms with Crippen molar-refractivity contribution in [2.75, 3.05) is 6.54 Å². The monoisotopic (exact) mass is 373 g/mol. The molecule has 0 heterocycles. The fourth-order valence-corrected chi connectivity index (χ4v) is 2.08. The molecule has 7 heteroatoms. The molecule has 1 rings (SSSR count). The number of nitro groups is 1. The minimum absolute atomic E-state index is 0.0464. The Bertz CT molecular complexity index is 552. The van der Waals surface area contributed by atoms with Crippen molar-refractivity contribution >= 4 is 34.2 Å². The number of benzene rings is 1. The van der Waals surface area contributed by atoms with E-state index in [0.717, 1.165) is 0 Å². The van der Waals surface area contributed by atoms with Crippen LogP contribution in [0.4, 0.5) is 5.69 Å². The van der Waals surface area contributed by atoms with Crippen LogP contribution in [0.2, 0.25) is 0 Å². The lowest BCUT2D eigenvalue weighted by Crippen LogP contribution is -2.37. The quantitative estimate of drug-likeness (QED) is 0.351. The largest absolute Gasteiger partial charge is 0.323 e. The van der Waals surface area contributed by atoms with Crippen molar-refractivity contribution in [3.63, 3.8) is 0 Å². The number of carbonyl (C=O) groups is 1. The molecule has 0 aliphatic rings. The maximum atomic E-state index is 12.3. The Morgan fingerprint density at radius 2 is 2.21 bits per heavy atom. The predicted molar refractivity (Wildman–Crippen MR) is 77.6 cm³/mol. The van der Waals surface area contributed by atoms with E-state index in [2.05, 4.69) is 0 Å². The van der Waals surface area contributed by atoms with Crippen LogP contribution in [0.3, 0.4) is 0 Å². The van der Waals surface area contributed by atoms with Gasteiger partial charge in [-0.3, -0.25) is 14.9 Å². The van der Waals surface area contributed by atoms with Crippen LogP contribution < -0.4 is 0 Å². The molecule has 0 radical (unpaired) electrons. The number of nitrogens with zero attached hydrogens (tertiary/aromatic N) is 3. The molecule has 0 bridgehead atoms. The number of carbonyl (C=O) groups excluding carboxylic acids is 1. The normalized spacial score (nSPS) is 10.1. The first kappa shape index (κ1) is 15.4. The molecule has 19 heavy (non-hydrogen) atoms. The topological polar surface area (TPSA) is 87.2 Å². The van der Waals surface area contributed by atoms with E-state index in [0.29, 0.717) is 3.57 Å². The number of nitro benzene ring substituents is 1. The molecule has 0 unspecified atom stereocenters. The van der Waals surface area contributed by atoms with Crippen molar-refractivity contribution in [1.29, 1.82) is 5.26 Å². The van der Waals surface area contributed by atoms with Crippen LogP contribution in [0.15, 0.2) is 18.2 Å². The third-order valence-corrected chi connectivity index (χ3v) is 3.46. The van der Waals surface area contributed by atoms with E-state index in [1.807, 2.05) is 28.7 Å². The van der Waals surface area contributed by atoms with Gasteiger partial charge in [-0.1, -0.05) is 0 Å². The van der Waals surface area contributed by atoms with E-state index in [-0.39, 0.29) is 29.7 Å². The van der Waals surface area contributed by atoms with Crippen molar-refractivity contribution in [2.45, 2.75) is 19.9 Å². The molecule has 0 fully saturated rings. The van der Waals surface area contributed by atoms with Crippen LogP contribution in [-0.2, 0) is 0 Å². The van der Waals surface area contributed by atoms with Gasteiger partial charge in [0, 0.05) is 21.7 Å². The van der Waals surface area contributed by atoms with E-state index in [1.54, 1.807) is 13.8 Å². The number of hydrogen-bond donors (Lipinski definition) is 0. The standard InChI is InChI=1S/C12H12IN3O3/c1-8(2)15(6-5-14)12(17)10-7-9(16(18)19)3-4-11(10)13/h3-4,7-8H,6H2,1-2H3. The van der Waals surface area contributed by atoms with Gasteiger partial charge in [0.05, 0.1) is 16.6 Å². The van der Waals surface area contributed by atoms with Gasteiger partial charge < -0.3 is 4.90 Å². The third kappa shape index (κ3) is 3.64. The van der Waals surface area contributed by atoms with Crippen LogP contribution in [-0.4, -0.2) is 28.3 Å². The summed E-state index contributed by atoms with van der Waals surface area (Å²) in [6.45, 7) is 3.54. The fourth-order valence-electron chi connectivity index (χ4n) is 1.51. The Morgan fingerprint density at radius 1 is 1.58 bits per heavy atom. The van der Waals surface area contributed by atoms with Gasteiger partial charge >= 0.3 is 0 Å². The number of halogens is 1. The summed E-state index contributed by atoms with van der Waals surface area (Å²) in [6, 6.07) is 5.90. The van der Waals surface area contributed by atoms with Crippen molar-refractivity contribution in [3.8, 4) is 6.07 Å². The smallest absolute Gasteiger partial charge is 0.270 e. The van der Waals surface area contributed by atoms with Crippen LogP contribution in [0.25, 0.3) is 0 Å². The highest BCUT2D eigenvalue weighted by Gasteiger charge is 2.22. The maximum absolute atomic E-state index is 12.3. The summed E-state index contributed by atoms with van der Waals surface area (Å²) < 4.78 is 0.622. The Kier molecular flexibility index (Phi) is 5.23. The number of amides is 1. The fraction of sp³-hybridized carbons (Fsp3) is 0.333. The highest BCUT2D eigenvalue weighted by atomic mass is 127. The molecule has 0 aromatic heterocycles. The van der Waals surface area contributed by atoms with Gasteiger partial charge in [-0.25, -0.2) is 0 Å². The number of non-ortho nitro benzene ring substituents is 1. The minimum Gasteiger partial charge on any atom is -0.323 e. The Morgan fingerprint density at radius 3 is 2.68 bits per heavy atom. The molecule has 1 aromatic carbocycles. The van der Waals surface area contributed by atoms with Crippen molar-refractivity contribution in [2.24, 2.45) is 0 Å². The average Bonchev–Trinajstić information content (AvgIpc) is 2.35. The zero-order chi connectivity index (χ0) is 14.6. The molecule has 100 valence electrons. The van der Waals surface area contributed by atoms with Crippen LogP contribution in [0.1, 0.15) is 24.2 Å². The second-order valence-electron chi connectivity index (χ2n) is 4.11. The lowest BCUT2D eigenvalue weighted by molar-refractivity contribution is -0.384. The zero-order valence-corrected chi connectivity index (χ0v) is 12.6. The molecule has 0 N–H and O–H groups in total. The molecule has 0 aliphatic carbocycles. The summed E-state index contributed by atoms with van der Waals surface area (Å²) >= 11 is 1.95. The lowest BCUT2D eigenvalue weighted by Gasteiger charge is -2.24. The summed E-state index contributed by atoms with van der Waals surface area (Å²) in [6.07, 6.45) is 0. The van der Waals surface area contributed by atoms with Gasteiger partial charge in [-0.15, -0.1) is 0 Å². The van der Waals surface area contributed by atoms with Crippen molar-refractivity contribution in [3.05, 3.63) is 37.4 Å². The minimum atomic E-state index is -0.545. The molecule has 1 aromatic rings. The van der Waals surface area contributed by atoms with Crippen LogP contribution >= 0.6 is 22.6 Å². The molecule has 0 spiro atoms. The zero-order valence-electron chi connectivity index (χ0n) is 10.5. The summed E-state index contributed by atoms with van der Waals surface area (Å²) in [7, 11) is 0. The first-order valence-electron chi connectivity index (χ1n) is 5.50. The van der Waals surface area contributed by atoms with E-state index in [9.17, 15) is 14.9 Å². The second-order valence-corrected chi connectivity index (χ2v) is 5.27. The molecule has 0 atom stereocenters. The molecule has 0 aliphatic heterocycles. The summed E-state index contributed by atoms with van der Waals surface area (Å²) in [4.78, 5) is 23.9.